The molecule has 42 heavy (non-hydrogen) atoms. The predicted molar refractivity (Wildman–Crippen MR) is 165 cm³/mol. The van der Waals surface area contributed by atoms with E-state index in [4.69, 9.17) is 22.1 Å². The van der Waals surface area contributed by atoms with Crippen LogP contribution in [-0.4, -0.2) is 30.1 Å². The van der Waals surface area contributed by atoms with Gasteiger partial charge in [0.25, 0.3) is 0 Å². The molecule has 0 saturated carbocycles. The largest absolute Gasteiger partial charge is 0.494 e. The minimum Gasteiger partial charge on any atom is -0.494 e. The average Bonchev–Trinajstić information content (AvgIpc) is 2.94. The molecule has 0 spiro atoms. The van der Waals surface area contributed by atoms with Crippen molar-refractivity contribution in [1.82, 2.24) is 4.90 Å². The van der Waals surface area contributed by atoms with Gasteiger partial charge in [0.1, 0.15) is 5.75 Å². The first kappa shape index (κ1) is 31.6. The van der Waals surface area contributed by atoms with E-state index in [1.165, 1.54) is 6.07 Å². The highest BCUT2D eigenvalue weighted by molar-refractivity contribution is 6.32. The first-order chi connectivity index (χ1) is 20.0. The number of ether oxygens (including phenoxy) is 1. The molecule has 0 aliphatic heterocycles. The summed E-state index contributed by atoms with van der Waals surface area (Å²) in [6.07, 6.45) is -3.11. The number of alkyl halides is 3. The van der Waals surface area contributed by atoms with Crippen molar-refractivity contribution >= 4 is 11.6 Å². The molecule has 0 fully saturated rings. The van der Waals surface area contributed by atoms with Crippen LogP contribution in [0, 0.1) is 0 Å². The molecular formula is C35H38ClF3N2O. The van der Waals surface area contributed by atoms with Gasteiger partial charge in [-0.05, 0) is 67.1 Å². The Morgan fingerprint density at radius 1 is 0.833 bits per heavy atom. The Morgan fingerprint density at radius 2 is 1.45 bits per heavy atom. The fourth-order valence-electron chi connectivity index (χ4n) is 5.18. The summed E-state index contributed by atoms with van der Waals surface area (Å²) in [6, 6.07) is 32.4. The summed E-state index contributed by atoms with van der Waals surface area (Å²) in [7, 11) is 0. The van der Waals surface area contributed by atoms with E-state index < -0.39 is 11.7 Å². The van der Waals surface area contributed by atoms with E-state index in [2.05, 4.69) is 29.2 Å². The molecule has 0 aliphatic rings. The zero-order chi connectivity index (χ0) is 30.2. The van der Waals surface area contributed by atoms with E-state index in [0.717, 1.165) is 34.9 Å². The van der Waals surface area contributed by atoms with Crippen LogP contribution in [0.1, 0.15) is 54.0 Å². The van der Waals surface area contributed by atoms with Crippen LogP contribution in [0.2, 0.25) is 5.02 Å². The van der Waals surface area contributed by atoms with Gasteiger partial charge in [0, 0.05) is 31.1 Å². The van der Waals surface area contributed by atoms with Gasteiger partial charge in [-0.25, -0.2) is 0 Å². The van der Waals surface area contributed by atoms with Gasteiger partial charge in [-0.3, -0.25) is 4.90 Å². The van der Waals surface area contributed by atoms with Crippen molar-refractivity contribution in [2.24, 2.45) is 5.73 Å². The predicted octanol–water partition coefficient (Wildman–Crippen LogP) is 8.74. The monoisotopic (exact) mass is 594 g/mol. The number of halogens is 4. The first-order valence-electron chi connectivity index (χ1n) is 14.2. The molecule has 0 aliphatic carbocycles. The summed E-state index contributed by atoms with van der Waals surface area (Å²) in [5, 5.41) is -0.248. The minimum absolute atomic E-state index is 0.0224. The zero-order valence-electron chi connectivity index (χ0n) is 24.1. The van der Waals surface area contributed by atoms with E-state index in [0.29, 0.717) is 31.7 Å². The molecule has 0 aromatic heterocycles. The van der Waals surface area contributed by atoms with Crippen LogP contribution in [0.3, 0.4) is 0 Å². The van der Waals surface area contributed by atoms with Crippen LogP contribution in [0.15, 0.2) is 103 Å². The molecule has 0 amide bonds. The lowest BCUT2D eigenvalue weighted by atomic mass is 9.90. The number of benzene rings is 4. The average molecular weight is 595 g/mol. The van der Waals surface area contributed by atoms with Gasteiger partial charge in [-0.1, -0.05) is 96.5 Å². The van der Waals surface area contributed by atoms with Gasteiger partial charge in [-0.2, -0.15) is 13.2 Å². The highest BCUT2D eigenvalue weighted by Gasteiger charge is 2.34. The SMILES string of the molecule is CC(C)(N)Cc1cccc(OCCCN(Cc2cccc(C(F)(F)F)c2Cl)CC(c2ccccc2)c2ccccc2)c1. The van der Waals surface area contributed by atoms with E-state index in [9.17, 15) is 13.2 Å². The third-order valence-corrected chi connectivity index (χ3v) is 7.51. The number of rotatable bonds is 13. The van der Waals surface area contributed by atoms with Crippen molar-refractivity contribution in [1.29, 1.82) is 0 Å². The standard InChI is InChI=1S/C35H38ClF3N2O/c1-34(2,40)23-26-12-9-18-30(22-26)42-21-11-20-41(24-29-17-10-19-32(33(29)36)35(37,38)39)25-31(27-13-5-3-6-14-27)28-15-7-4-8-16-28/h3-10,12-19,22,31H,11,20-21,23-25,40H2,1-2H3. The molecule has 0 saturated heterocycles. The van der Waals surface area contributed by atoms with Crippen molar-refractivity contribution in [3.8, 4) is 5.75 Å². The summed E-state index contributed by atoms with van der Waals surface area (Å²) in [5.74, 6) is 0.796. The van der Waals surface area contributed by atoms with Crippen LogP contribution in [0.5, 0.6) is 5.75 Å². The van der Waals surface area contributed by atoms with Crippen LogP contribution >= 0.6 is 11.6 Å². The Kier molecular flexibility index (Phi) is 10.7. The number of nitrogens with zero attached hydrogens (tertiary/aromatic N) is 1. The molecular weight excluding hydrogens is 557 g/mol. The molecule has 4 rings (SSSR count). The molecule has 222 valence electrons. The minimum atomic E-state index is -4.52. The molecule has 0 bridgehead atoms. The molecule has 0 unspecified atom stereocenters. The molecule has 4 aromatic carbocycles. The second-order valence-corrected chi connectivity index (χ2v) is 11.8. The van der Waals surface area contributed by atoms with Gasteiger partial charge < -0.3 is 10.5 Å². The van der Waals surface area contributed by atoms with Crippen LogP contribution in [0.25, 0.3) is 0 Å². The first-order valence-corrected chi connectivity index (χ1v) is 14.5. The fraction of sp³-hybridized carbons (Fsp3) is 0.314. The molecule has 3 nitrogen and oxygen atoms in total. The van der Waals surface area contributed by atoms with Gasteiger partial charge in [0.05, 0.1) is 17.2 Å². The maximum atomic E-state index is 13.6. The summed E-state index contributed by atoms with van der Waals surface area (Å²) in [6.45, 7) is 5.93. The van der Waals surface area contributed by atoms with Crippen LogP contribution in [0.4, 0.5) is 13.2 Å². The van der Waals surface area contributed by atoms with Crippen molar-refractivity contribution in [2.75, 3.05) is 19.7 Å². The molecule has 0 heterocycles. The number of nitrogens with two attached hydrogens (primary N) is 1. The van der Waals surface area contributed by atoms with Gasteiger partial charge in [-0.15, -0.1) is 0 Å². The fourth-order valence-corrected chi connectivity index (χ4v) is 5.47. The van der Waals surface area contributed by atoms with Gasteiger partial charge in [0.2, 0.25) is 0 Å². The topological polar surface area (TPSA) is 38.5 Å². The van der Waals surface area contributed by atoms with Crippen LogP contribution in [-0.2, 0) is 19.1 Å². The highest BCUT2D eigenvalue weighted by Crippen LogP contribution is 2.37. The zero-order valence-corrected chi connectivity index (χ0v) is 24.8. The van der Waals surface area contributed by atoms with E-state index in [1.807, 2.05) is 74.5 Å². The van der Waals surface area contributed by atoms with Gasteiger partial charge in [0.15, 0.2) is 0 Å². The Morgan fingerprint density at radius 3 is 2.05 bits per heavy atom. The maximum absolute atomic E-state index is 13.6. The van der Waals surface area contributed by atoms with Crippen molar-refractivity contribution in [3.63, 3.8) is 0 Å². The lowest BCUT2D eigenvalue weighted by Crippen LogP contribution is -2.34. The van der Waals surface area contributed by atoms with Gasteiger partial charge >= 0.3 is 6.18 Å². The third kappa shape index (κ3) is 9.35. The Hall–Kier alpha value is -3.32. The molecule has 4 aromatic rings. The summed E-state index contributed by atoms with van der Waals surface area (Å²) in [4.78, 5) is 2.17. The number of hydrogen-bond donors (Lipinski definition) is 1. The Labute approximate surface area is 252 Å². The maximum Gasteiger partial charge on any atom is 0.417 e. The molecule has 0 radical (unpaired) electrons. The van der Waals surface area contributed by atoms with E-state index in [-0.39, 0.29) is 23.0 Å². The van der Waals surface area contributed by atoms with Crippen molar-refractivity contribution < 1.29 is 17.9 Å². The third-order valence-electron chi connectivity index (χ3n) is 7.07. The molecule has 7 heteroatoms. The summed E-state index contributed by atoms with van der Waals surface area (Å²) in [5.41, 5.74) is 8.88. The normalized spacial score (nSPS) is 12.2. The number of hydrogen-bond acceptors (Lipinski definition) is 3. The van der Waals surface area contributed by atoms with Crippen LogP contribution < -0.4 is 10.5 Å². The molecule has 0 atom stereocenters. The van der Waals surface area contributed by atoms with E-state index in [1.54, 1.807) is 6.07 Å². The van der Waals surface area contributed by atoms with Crippen molar-refractivity contribution in [3.05, 3.63) is 136 Å². The second kappa shape index (κ2) is 14.2. The Balaban J connectivity index is 1.53. The molecule has 2 N–H and O–H groups in total. The Bertz CT molecular complexity index is 1370. The lowest BCUT2D eigenvalue weighted by molar-refractivity contribution is -0.137. The quantitative estimate of drug-likeness (QED) is 0.157. The smallest absolute Gasteiger partial charge is 0.417 e. The highest BCUT2D eigenvalue weighted by atomic mass is 35.5. The van der Waals surface area contributed by atoms with E-state index >= 15 is 0 Å². The second-order valence-electron chi connectivity index (χ2n) is 11.4. The summed E-state index contributed by atoms with van der Waals surface area (Å²) >= 11 is 6.33. The summed E-state index contributed by atoms with van der Waals surface area (Å²) < 4.78 is 47.0. The van der Waals surface area contributed by atoms with Crippen molar-refractivity contribution in [2.45, 2.75) is 50.9 Å². The lowest BCUT2D eigenvalue weighted by Gasteiger charge is -2.29.